The predicted molar refractivity (Wildman–Crippen MR) is 274 cm³/mol. The molecule has 0 aliphatic carbocycles. The van der Waals surface area contributed by atoms with Gasteiger partial charge in [0.1, 0.15) is 22.9 Å². The Balaban J connectivity index is 0.000000320. The number of amides is 3. The number of halogens is 2. The van der Waals surface area contributed by atoms with Crippen molar-refractivity contribution in [1.29, 1.82) is 0 Å². The minimum Gasteiger partial charge on any atom is -0.497 e. The quantitative estimate of drug-likeness (QED) is 0.100. The molecule has 3 heterocycles. The first-order valence-corrected chi connectivity index (χ1v) is 27.8. The van der Waals surface area contributed by atoms with Crippen LogP contribution in [0, 0.1) is 0 Å². The highest BCUT2D eigenvalue weighted by Gasteiger charge is 2.54. The summed E-state index contributed by atoms with van der Waals surface area (Å²) in [6, 6.07) is 23.2. The highest BCUT2D eigenvalue weighted by atomic mass is 35.7. The summed E-state index contributed by atoms with van der Waals surface area (Å²) in [7, 11) is 1.45. The zero-order valence-electron chi connectivity index (χ0n) is 42.9. The average Bonchev–Trinajstić information content (AvgIpc) is 3.86. The first kappa shape index (κ1) is 61.5. The normalized spacial score (nSPS) is 17.7. The van der Waals surface area contributed by atoms with Crippen LogP contribution in [0.3, 0.4) is 0 Å². The number of nitrogens with zero attached hydrogens (tertiary/aromatic N) is 2. The summed E-state index contributed by atoms with van der Waals surface area (Å²) in [5.74, 6) is 3.32. The van der Waals surface area contributed by atoms with Gasteiger partial charge in [-0.1, -0.05) is 36.4 Å². The van der Waals surface area contributed by atoms with Crippen molar-refractivity contribution in [3.05, 3.63) is 89.5 Å². The molecule has 0 saturated carbocycles. The number of ether oxygens (including phenoxy) is 3. The lowest BCUT2D eigenvalue weighted by atomic mass is 10.0. The second-order valence-corrected chi connectivity index (χ2v) is 23.1. The van der Waals surface area contributed by atoms with Crippen LogP contribution in [0.2, 0.25) is 0 Å². The van der Waals surface area contributed by atoms with Crippen LogP contribution < -0.4 is 19.5 Å². The van der Waals surface area contributed by atoms with E-state index in [4.69, 9.17) is 46.1 Å². The molecule has 15 nitrogen and oxygen atoms in total. The van der Waals surface area contributed by atoms with Gasteiger partial charge in [-0.2, -0.15) is 0 Å². The number of methoxy groups -OCH3 is 3. The smallest absolute Gasteiger partial charge is 0.424 e. The van der Waals surface area contributed by atoms with Gasteiger partial charge in [-0.3, -0.25) is 28.0 Å². The highest BCUT2D eigenvalue weighted by Crippen LogP contribution is 2.59. The van der Waals surface area contributed by atoms with Gasteiger partial charge in [-0.15, -0.1) is 11.6 Å². The van der Waals surface area contributed by atoms with Crippen molar-refractivity contribution in [2.24, 2.45) is 0 Å². The monoisotopic (exact) mass is 1040 g/mol. The number of likely N-dealkylation sites (tertiary alicyclic amines) is 2. The van der Waals surface area contributed by atoms with Gasteiger partial charge in [0.25, 0.3) is 0 Å². The number of alkyl halides is 1. The number of carbonyl (C=O) groups excluding carboxylic acids is 3. The number of benzene rings is 3. The summed E-state index contributed by atoms with van der Waals surface area (Å²) in [6.07, 6.45) is 3.74. The van der Waals surface area contributed by atoms with Gasteiger partial charge in [0.2, 0.25) is 17.7 Å². The summed E-state index contributed by atoms with van der Waals surface area (Å²) in [4.78, 5) is 39.1. The number of carbonyl (C=O) groups is 3. The zero-order chi connectivity index (χ0) is 52.1. The maximum absolute atomic E-state index is 13.1. The summed E-state index contributed by atoms with van der Waals surface area (Å²) in [5.41, 5.74) is 2.13. The largest absolute Gasteiger partial charge is 0.497 e. The van der Waals surface area contributed by atoms with E-state index in [2.05, 4.69) is 28.2 Å². The Bertz CT molecular complexity index is 2080. The molecular weight excluding hydrogens is 967 g/mol. The molecular formula is C50H77Cl2N3O12P2. The fourth-order valence-corrected chi connectivity index (χ4v) is 11.1. The molecule has 0 bridgehead atoms. The first-order valence-electron chi connectivity index (χ1n) is 23.2. The van der Waals surface area contributed by atoms with Gasteiger partial charge in [0.05, 0.1) is 47.8 Å². The van der Waals surface area contributed by atoms with E-state index in [0.717, 1.165) is 46.8 Å². The standard InChI is InChI=1S/C18H28NO5P.C14H19NO2.C8H9ClO.C6H11NO.C4H10ClO3P/c1-6-23-25(21,24-7-2)16-12-18(3,4)19(17(16)20)13-14-8-10-15(22-5)11-9-14;1-14(2)9-8-13(16)15(14)10-11-4-6-12(17-3)7-5-11;1-10-8-4-2-7(6-9)3-5-8;1-6(2)4-3-5(8)7-6;1-3-7-9(5,6)8-4-2/h8-11,16H,6-7,12-13H2,1-5H3;4-7H,8-10H2,1-3H3;2-5H,6H2,1H3;3-4H2,1-2H3,(H,7,8);3-4H2,1-2H3. The Hall–Kier alpha value is -3.65. The van der Waals surface area contributed by atoms with Crippen LogP contribution in [0.5, 0.6) is 17.2 Å². The Morgan fingerprint density at radius 3 is 1.30 bits per heavy atom. The maximum Gasteiger partial charge on any atom is 0.424 e. The molecule has 0 aromatic heterocycles. The van der Waals surface area contributed by atoms with Crippen molar-refractivity contribution in [2.75, 3.05) is 47.8 Å². The fourth-order valence-electron chi connectivity index (χ4n) is 7.40. The van der Waals surface area contributed by atoms with Gasteiger partial charge in [-0.25, -0.2) is 4.57 Å². The summed E-state index contributed by atoms with van der Waals surface area (Å²) < 4.78 is 59.0. The lowest BCUT2D eigenvalue weighted by molar-refractivity contribution is -0.132. The van der Waals surface area contributed by atoms with E-state index in [1.807, 2.05) is 105 Å². The molecule has 1 N–H and O–H groups in total. The van der Waals surface area contributed by atoms with E-state index in [-0.39, 0.29) is 42.0 Å². The third kappa shape index (κ3) is 20.5. The average molecular weight is 1050 g/mol. The molecule has 3 fully saturated rings. The molecule has 19 heteroatoms. The summed E-state index contributed by atoms with van der Waals surface area (Å²) in [5, 5.41) is 2.85. The molecule has 388 valence electrons. The Labute approximate surface area is 421 Å². The Morgan fingerprint density at radius 1 is 0.594 bits per heavy atom. The Kier molecular flexibility index (Phi) is 25.8. The van der Waals surface area contributed by atoms with Gasteiger partial charge in [0, 0.05) is 59.7 Å². The van der Waals surface area contributed by atoms with Crippen molar-refractivity contribution in [2.45, 2.75) is 143 Å². The molecule has 3 aliphatic heterocycles. The van der Waals surface area contributed by atoms with Crippen molar-refractivity contribution >= 4 is 55.1 Å². The molecule has 1 atom stereocenters. The third-order valence-electron chi connectivity index (χ3n) is 11.3. The van der Waals surface area contributed by atoms with Crippen molar-refractivity contribution < 1.29 is 55.8 Å². The van der Waals surface area contributed by atoms with Crippen LogP contribution in [0.4, 0.5) is 0 Å². The van der Waals surface area contributed by atoms with E-state index in [0.29, 0.717) is 51.4 Å². The van der Waals surface area contributed by atoms with Crippen LogP contribution >= 0.6 is 37.4 Å². The molecule has 1 unspecified atom stereocenters. The number of hydrogen-bond acceptors (Lipinski definition) is 12. The number of hydrogen-bond donors (Lipinski definition) is 1. The van der Waals surface area contributed by atoms with Gasteiger partial charge >= 0.3 is 14.5 Å². The predicted octanol–water partition coefficient (Wildman–Crippen LogP) is 12.0. The van der Waals surface area contributed by atoms with Gasteiger partial charge < -0.3 is 38.4 Å². The second kappa shape index (κ2) is 29.0. The number of nitrogens with one attached hydrogen (secondary N) is 1. The van der Waals surface area contributed by atoms with Crippen LogP contribution in [-0.2, 0) is 60.6 Å². The molecule has 69 heavy (non-hydrogen) atoms. The minimum atomic E-state index is -3.47. The van der Waals surface area contributed by atoms with Crippen molar-refractivity contribution in [3.8, 4) is 17.2 Å². The summed E-state index contributed by atoms with van der Waals surface area (Å²) in [6.45, 7) is 18.2. The van der Waals surface area contributed by atoms with Gasteiger partial charge in [0.15, 0.2) is 0 Å². The molecule has 3 saturated heterocycles. The van der Waals surface area contributed by atoms with E-state index >= 15 is 0 Å². The summed E-state index contributed by atoms with van der Waals surface area (Å²) >= 11 is 10.8. The lowest BCUT2D eigenvalue weighted by Crippen LogP contribution is -2.40. The zero-order valence-corrected chi connectivity index (χ0v) is 46.2. The van der Waals surface area contributed by atoms with Crippen LogP contribution in [0.1, 0.15) is 118 Å². The van der Waals surface area contributed by atoms with E-state index in [1.165, 1.54) is 0 Å². The minimum absolute atomic E-state index is 0.0169. The fraction of sp³-hybridized carbons (Fsp3) is 0.580. The van der Waals surface area contributed by atoms with E-state index < -0.39 is 25.7 Å². The Morgan fingerprint density at radius 2 is 1.00 bits per heavy atom. The first-order chi connectivity index (χ1) is 32.4. The number of rotatable bonds is 17. The molecule has 3 aromatic carbocycles. The molecule has 6 rings (SSSR count). The maximum atomic E-state index is 13.1. The van der Waals surface area contributed by atoms with E-state index in [1.54, 1.807) is 53.9 Å². The molecule has 3 aromatic rings. The van der Waals surface area contributed by atoms with Crippen LogP contribution in [-0.4, -0.2) is 97.6 Å². The molecule has 0 spiro atoms. The van der Waals surface area contributed by atoms with Crippen molar-refractivity contribution in [1.82, 2.24) is 15.1 Å². The topological polar surface area (TPSA) is 168 Å². The molecule has 0 radical (unpaired) electrons. The van der Waals surface area contributed by atoms with Crippen LogP contribution in [0.15, 0.2) is 72.8 Å². The van der Waals surface area contributed by atoms with Gasteiger partial charge in [-0.05, 0) is 142 Å². The third-order valence-corrected chi connectivity index (χ3v) is 15.7. The lowest BCUT2D eigenvalue weighted by Gasteiger charge is -2.31. The second-order valence-electron chi connectivity index (χ2n) is 18.0. The SMILES string of the molecule is CC1(C)CCC(=O)N1.CCOP(=O)(Cl)OCC.CCOP(=O)(OCC)C1CC(C)(C)N(Cc2ccc(OC)cc2)C1=O.COc1ccc(CCl)cc1.COc1ccc(CN2C(=O)CCC2(C)C)cc1. The van der Waals surface area contributed by atoms with Crippen molar-refractivity contribution in [3.63, 3.8) is 0 Å². The van der Waals surface area contributed by atoms with E-state index in [9.17, 15) is 23.5 Å². The molecule has 3 aliphatic rings. The van der Waals surface area contributed by atoms with Crippen LogP contribution in [0.25, 0.3) is 0 Å². The highest BCUT2D eigenvalue weighted by molar-refractivity contribution is 7.81. The molecule has 3 amide bonds.